The van der Waals surface area contributed by atoms with Gasteiger partial charge in [0.15, 0.2) is 6.10 Å². The van der Waals surface area contributed by atoms with Crippen LogP contribution in [0.15, 0.2) is 49.1 Å². The molecule has 0 radical (unpaired) electrons. The summed E-state index contributed by atoms with van der Waals surface area (Å²) < 4.78 is 5.87. The van der Waals surface area contributed by atoms with Gasteiger partial charge in [-0.2, -0.15) is 0 Å². The predicted octanol–water partition coefficient (Wildman–Crippen LogP) is 5.05. The second-order valence-corrected chi connectivity index (χ2v) is 7.10. The van der Waals surface area contributed by atoms with E-state index in [9.17, 15) is 4.79 Å². The molecule has 3 heteroatoms. The van der Waals surface area contributed by atoms with Crippen LogP contribution in [-0.2, 0) is 9.53 Å². The van der Waals surface area contributed by atoms with Gasteiger partial charge in [0.2, 0.25) is 0 Å². The number of aryl methyl sites for hydroxylation is 3. The first-order chi connectivity index (χ1) is 12.3. The average Bonchev–Trinajstić information content (AvgIpc) is 2.59. The van der Waals surface area contributed by atoms with E-state index in [0.29, 0.717) is 0 Å². The van der Waals surface area contributed by atoms with E-state index in [1.807, 2.05) is 12.1 Å². The molecule has 2 atom stereocenters. The third-order valence-electron chi connectivity index (χ3n) is 4.90. The fraction of sp³-hybridized carbons (Fsp3) is 0.348. The first-order valence-corrected chi connectivity index (χ1v) is 8.92. The summed E-state index contributed by atoms with van der Waals surface area (Å²) in [6.07, 6.45) is 0.767. The Morgan fingerprint density at radius 3 is 2.12 bits per heavy atom. The highest BCUT2D eigenvalue weighted by Crippen LogP contribution is 2.36. The van der Waals surface area contributed by atoms with Crippen LogP contribution in [0.5, 0.6) is 0 Å². The number of hydrogen-bond donors (Lipinski definition) is 0. The summed E-state index contributed by atoms with van der Waals surface area (Å²) >= 11 is 0. The van der Waals surface area contributed by atoms with Crippen LogP contribution in [-0.4, -0.2) is 25.0 Å². The van der Waals surface area contributed by atoms with Crippen molar-refractivity contribution >= 4 is 5.97 Å². The summed E-state index contributed by atoms with van der Waals surface area (Å²) in [5.41, 5.74) is 6.66. The number of benzene rings is 2. The van der Waals surface area contributed by atoms with E-state index < -0.39 is 12.1 Å². The van der Waals surface area contributed by atoms with Gasteiger partial charge in [-0.1, -0.05) is 48.5 Å². The second-order valence-electron chi connectivity index (χ2n) is 7.10. The Labute approximate surface area is 157 Å². The molecule has 0 spiro atoms. The summed E-state index contributed by atoms with van der Waals surface area (Å²) in [6.45, 7) is 11.9. The summed E-state index contributed by atoms with van der Waals surface area (Å²) in [4.78, 5) is 14.3. The van der Waals surface area contributed by atoms with Crippen LogP contribution in [0, 0.1) is 20.8 Å². The molecule has 0 saturated heterocycles. The van der Waals surface area contributed by atoms with Gasteiger partial charge >= 0.3 is 5.97 Å². The van der Waals surface area contributed by atoms with Gasteiger partial charge in [-0.25, -0.2) is 4.79 Å². The normalized spacial score (nSPS) is 13.3. The van der Waals surface area contributed by atoms with Crippen LogP contribution in [0.1, 0.15) is 52.5 Å². The van der Waals surface area contributed by atoms with Gasteiger partial charge in [-0.05, 0) is 58.5 Å². The molecule has 0 aliphatic heterocycles. The van der Waals surface area contributed by atoms with Crippen molar-refractivity contribution in [3.05, 3.63) is 82.4 Å². The SMILES string of the molecule is C=CC(=O)O[C@H](c1ccccc1[C@@H](C)N(C)C)c1c(C)cc(C)cc1C. The summed E-state index contributed by atoms with van der Waals surface area (Å²) in [6, 6.07) is 12.6. The molecular weight excluding hydrogens is 322 g/mol. The Morgan fingerprint density at radius 1 is 1.08 bits per heavy atom. The first-order valence-electron chi connectivity index (χ1n) is 8.92. The van der Waals surface area contributed by atoms with Crippen LogP contribution >= 0.6 is 0 Å². The molecule has 0 aliphatic rings. The van der Waals surface area contributed by atoms with Gasteiger partial charge in [0.25, 0.3) is 0 Å². The lowest BCUT2D eigenvalue weighted by atomic mass is 9.88. The van der Waals surface area contributed by atoms with Gasteiger partial charge < -0.3 is 9.64 Å². The van der Waals surface area contributed by atoms with Gasteiger partial charge in [0.05, 0.1) is 0 Å². The maximum Gasteiger partial charge on any atom is 0.331 e. The number of esters is 1. The number of ether oxygens (including phenoxy) is 1. The molecule has 0 N–H and O–H groups in total. The van der Waals surface area contributed by atoms with Crippen molar-refractivity contribution in [2.75, 3.05) is 14.1 Å². The van der Waals surface area contributed by atoms with Crippen LogP contribution < -0.4 is 0 Å². The van der Waals surface area contributed by atoms with E-state index in [4.69, 9.17) is 4.74 Å². The minimum absolute atomic E-state index is 0.196. The van der Waals surface area contributed by atoms with Gasteiger partial charge in [0.1, 0.15) is 0 Å². The third kappa shape index (κ3) is 4.23. The van der Waals surface area contributed by atoms with E-state index in [2.05, 4.69) is 77.5 Å². The molecule has 2 aromatic rings. The number of carbonyl (C=O) groups is 1. The average molecular weight is 351 g/mol. The minimum Gasteiger partial charge on any atom is -0.449 e. The quantitative estimate of drug-likeness (QED) is 0.538. The zero-order valence-electron chi connectivity index (χ0n) is 16.7. The van der Waals surface area contributed by atoms with Crippen molar-refractivity contribution in [3.63, 3.8) is 0 Å². The topological polar surface area (TPSA) is 29.5 Å². The van der Waals surface area contributed by atoms with Crippen molar-refractivity contribution in [2.45, 2.75) is 39.8 Å². The molecule has 0 amide bonds. The van der Waals surface area contributed by atoms with Gasteiger partial charge in [0, 0.05) is 23.2 Å². The fourth-order valence-corrected chi connectivity index (χ4v) is 3.46. The second kappa shape index (κ2) is 8.33. The zero-order chi connectivity index (χ0) is 19.4. The Balaban J connectivity index is 2.69. The molecule has 0 bridgehead atoms. The lowest BCUT2D eigenvalue weighted by molar-refractivity contribution is -0.141. The lowest BCUT2D eigenvalue weighted by Gasteiger charge is -2.28. The van der Waals surface area contributed by atoms with E-state index in [1.165, 1.54) is 11.6 Å². The van der Waals surface area contributed by atoms with Crippen LogP contribution in [0.4, 0.5) is 0 Å². The Hall–Kier alpha value is -2.39. The smallest absolute Gasteiger partial charge is 0.331 e. The Kier molecular flexibility index (Phi) is 6.38. The zero-order valence-corrected chi connectivity index (χ0v) is 16.7. The highest BCUT2D eigenvalue weighted by atomic mass is 16.5. The molecule has 2 rings (SSSR count). The molecule has 0 heterocycles. The maximum atomic E-state index is 12.1. The highest BCUT2D eigenvalue weighted by molar-refractivity contribution is 5.81. The summed E-state index contributed by atoms with van der Waals surface area (Å²) in [5, 5.41) is 0. The largest absolute Gasteiger partial charge is 0.449 e. The standard InChI is InChI=1S/C23H29NO2/c1-8-21(25)26-23(22-16(3)13-15(2)14-17(22)4)20-12-10-9-11-19(20)18(5)24(6)7/h8-14,18,23H,1H2,2-7H3/t18-,23-/m1/s1. The van der Waals surface area contributed by atoms with E-state index in [1.54, 1.807) is 0 Å². The molecule has 0 saturated carbocycles. The van der Waals surface area contributed by atoms with Gasteiger partial charge in [-0.3, -0.25) is 0 Å². The van der Waals surface area contributed by atoms with Crippen molar-refractivity contribution in [1.29, 1.82) is 0 Å². The molecule has 0 aromatic heterocycles. The van der Waals surface area contributed by atoms with Crippen molar-refractivity contribution in [3.8, 4) is 0 Å². The molecular formula is C23H29NO2. The molecule has 2 aromatic carbocycles. The van der Waals surface area contributed by atoms with E-state index in [-0.39, 0.29) is 6.04 Å². The molecule has 26 heavy (non-hydrogen) atoms. The van der Waals surface area contributed by atoms with E-state index in [0.717, 1.165) is 27.8 Å². The molecule has 0 aliphatic carbocycles. The maximum absolute atomic E-state index is 12.1. The molecule has 3 nitrogen and oxygen atoms in total. The Morgan fingerprint density at radius 2 is 1.62 bits per heavy atom. The van der Waals surface area contributed by atoms with Crippen molar-refractivity contribution < 1.29 is 9.53 Å². The van der Waals surface area contributed by atoms with E-state index >= 15 is 0 Å². The monoisotopic (exact) mass is 351 g/mol. The van der Waals surface area contributed by atoms with Crippen LogP contribution in [0.25, 0.3) is 0 Å². The van der Waals surface area contributed by atoms with Crippen molar-refractivity contribution in [1.82, 2.24) is 4.90 Å². The molecule has 138 valence electrons. The third-order valence-corrected chi connectivity index (χ3v) is 4.90. The number of hydrogen-bond acceptors (Lipinski definition) is 3. The molecule has 0 fully saturated rings. The fourth-order valence-electron chi connectivity index (χ4n) is 3.46. The van der Waals surface area contributed by atoms with Gasteiger partial charge in [-0.15, -0.1) is 0 Å². The predicted molar refractivity (Wildman–Crippen MR) is 107 cm³/mol. The van der Waals surface area contributed by atoms with Crippen molar-refractivity contribution in [2.24, 2.45) is 0 Å². The van der Waals surface area contributed by atoms with Crippen LogP contribution in [0.3, 0.4) is 0 Å². The number of rotatable bonds is 6. The molecule has 0 unspecified atom stereocenters. The Bertz CT molecular complexity index is 785. The van der Waals surface area contributed by atoms with Crippen LogP contribution in [0.2, 0.25) is 0 Å². The highest BCUT2D eigenvalue weighted by Gasteiger charge is 2.26. The number of nitrogens with zero attached hydrogens (tertiary/aromatic N) is 1. The number of carbonyl (C=O) groups excluding carboxylic acids is 1. The minimum atomic E-state index is -0.459. The summed E-state index contributed by atoms with van der Waals surface area (Å²) in [7, 11) is 4.10. The lowest BCUT2D eigenvalue weighted by Crippen LogP contribution is -2.21. The first kappa shape index (κ1) is 19.9. The summed E-state index contributed by atoms with van der Waals surface area (Å²) in [5.74, 6) is -0.415.